The fourth-order valence-corrected chi connectivity index (χ4v) is 9.54. The molecule has 10 nitrogen and oxygen atoms in total. The first-order valence-electron chi connectivity index (χ1n) is 14.3. The fraction of sp³-hybridized carbons (Fsp3) is 0.567. The molecule has 1 aromatic carbocycles. The van der Waals surface area contributed by atoms with Crippen LogP contribution in [-0.4, -0.2) is 89.5 Å². The van der Waals surface area contributed by atoms with E-state index in [-0.39, 0.29) is 55.3 Å². The molecule has 1 spiro atoms. The van der Waals surface area contributed by atoms with Crippen LogP contribution in [0.5, 0.6) is 0 Å². The molecular weight excluding hydrogens is 542 g/mol. The minimum Gasteiger partial charge on any atom is -0.461 e. The molecule has 3 fully saturated rings. The van der Waals surface area contributed by atoms with Gasteiger partial charge in [0.1, 0.15) is 24.8 Å². The van der Waals surface area contributed by atoms with Crippen molar-refractivity contribution in [2.45, 2.75) is 62.4 Å². The number of esters is 1. The van der Waals surface area contributed by atoms with Crippen molar-refractivity contribution in [2.75, 3.05) is 19.8 Å². The van der Waals surface area contributed by atoms with Gasteiger partial charge in [-0.25, -0.2) is 4.68 Å². The largest absolute Gasteiger partial charge is 0.461 e. The standard InChI is InChI=1S/C30H39N5O5S/c1-6-13-33(17-34-21-12-10-9-11-20(21)31-32-34)28(38)26-30-19(5)15-23(41-30)24(29(39)40-14-7-2)25(30)27(37)35(26)22(16-36)18(4)8-3/h6-7,9-12,18-19,22-26,36H,1-2,8,13-17H2,3-5H3/t18-,19?,22-,23-,24+,25-,26?,30?/m0/s1. The van der Waals surface area contributed by atoms with Gasteiger partial charge in [-0.15, -0.1) is 23.4 Å². The van der Waals surface area contributed by atoms with Crippen LogP contribution in [0.4, 0.5) is 0 Å². The fourth-order valence-electron chi connectivity index (χ4n) is 7.15. The lowest BCUT2D eigenvalue weighted by Gasteiger charge is -2.43. The van der Waals surface area contributed by atoms with Crippen LogP contribution in [-0.2, 0) is 25.8 Å². The number of hydrogen-bond donors (Lipinski definition) is 1. The van der Waals surface area contributed by atoms with E-state index in [0.29, 0.717) is 18.4 Å². The van der Waals surface area contributed by atoms with Crippen LogP contribution in [0.3, 0.4) is 0 Å². The summed E-state index contributed by atoms with van der Waals surface area (Å²) >= 11 is 1.59. The topological polar surface area (TPSA) is 118 Å². The van der Waals surface area contributed by atoms with Crippen LogP contribution in [0.1, 0.15) is 33.6 Å². The summed E-state index contributed by atoms with van der Waals surface area (Å²) in [5, 5.41) is 19.0. The zero-order valence-corrected chi connectivity index (χ0v) is 24.7. The maximum Gasteiger partial charge on any atom is 0.311 e. The quantitative estimate of drug-likeness (QED) is 0.300. The number of benzene rings is 1. The molecule has 0 radical (unpaired) electrons. The number of hydrogen-bond acceptors (Lipinski definition) is 8. The molecule has 2 amide bonds. The number of rotatable bonds is 12. The van der Waals surface area contributed by atoms with E-state index in [1.54, 1.807) is 32.3 Å². The van der Waals surface area contributed by atoms with E-state index in [9.17, 15) is 19.5 Å². The third kappa shape index (κ3) is 4.57. The second-order valence-corrected chi connectivity index (χ2v) is 13.0. The molecule has 41 heavy (non-hydrogen) atoms. The number of fused-ring (bicyclic) bond motifs is 2. The van der Waals surface area contributed by atoms with E-state index in [1.165, 1.54) is 6.08 Å². The first-order valence-corrected chi connectivity index (χ1v) is 15.2. The number of aromatic nitrogens is 3. The zero-order valence-electron chi connectivity index (χ0n) is 23.9. The van der Waals surface area contributed by atoms with Gasteiger partial charge in [-0.3, -0.25) is 14.4 Å². The highest BCUT2D eigenvalue weighted by atomic mass is 32.2. The first-order chi connectivity index (χ1) is 19.7. The summed E-state index contributed by atoms with van der Waals surface area (Å²) in [5.74, 6) is -2.38. The van der Waals surface area contributed by atoms with Gasteiger partial charge in [0.15, 0.2) is 0 Å². The van der Waals surface area contributed by atoms with Crippen molar-refractivity contribution in [3.8, 4) is 0 Å². The normalized spacial score (nSPS) is 29.8. The van der Waals surface area contributed by atoms with E-state index in [1.807, 2.05) is 38.1 Å². The van der Waals surface area contributed by atoms with Crippen molar-refractivity contribution in [1.29, 1.82) is 0 Å². The van der Waals surface area contributed by atoms with Crippen LogP contribution in [0, 0.1) is 23.7 Å². The van der Waals surface area contributed by atoms with Crippen LogP contribution in [0.15, 0.2) is 49.6 Å². The van der Waals surface area contributed by atoms with Crippen LogP contribution in [0.2, 0.25) is 0 Å². The van der Waals surface area contributed by atoms with Crippen molar-refractivity contribution >= 4 is 40.6 Å². The SMILES string of the molecule is C=CCOC(=O)[C@@H]1[C@@H]2CC(C)C3(S2)C(C(=O)N(CC=C)Cn2nnc4ccccc42)N([C@@H](CO)[C@@H](C)CC)C(=O)[C@H]13. The van der Waals surface area contributed by atoms with Gasteiger partial charge >= 0.3 is 5.97 Å². The summed E-state index contributed by atoms with van der Waals surface area (Å²) in [7, 11) is 0. The number of carbonyl (C=O) groups excluding carboxylic acids is 3. The van der Waals surface area contributed by atoms with E-state index < -0.39 is 34.6 Å². The maximum atomic E-state index is 14.8. The predicted molar refractivity (Wildman–Crippen MR) is 156 cm³/mol. The Bertz CT molecular complexity index is 1350. The second kappa shape index (κ2) is 11.6. The minimum absolute atomic E-state index is 0.0112. The number of ether oxygens (including phenoxy) is 1. The number of aliphatic hydroxyl groups is 1. The lowest BCUT2D eigenvalue weighted by Crippen LogP contribution is -2.60. The molecule has 0 aliphatic carbocycles. The van der Waals surface area contributed by atoms with Gasteiger partial charge in [-0.2, -0.15) is 0 Å². The average molecular weight is 582 g/mol. The Kier molecular flexibility index (Phi) is 8.29. The molecule has 3 aliphatic heterocycles. The molecule has 4 heterocycles. The molecule has 8 atom stereocenters. The molecule has 1 N–H and O–H groups in total. The number of likely N-dealkylation sites (tertiary alicyclic amines) is 1. The molecule has 0 saturated carbocycles. The summed E-state index contributed by atoms with van der Waals surface area (Å²) in [4.78, 5) is 45.9. The first kappa shape index (κ1) is 29.3. The molecule has 2 bridgehead atoms. The smallest absolute Gasteiger partial charge is 0.311 e. The van der Waals surface area contributed by atoms with Crippen molar-refractivity contribution in [3.63, 3.8) is 0 Å². The number of nitrogens with zero attached hydrogens (tertiary/aromatic N) is 5. The van der Waals surface area contributed by atoms with E-state index in [4.69, 9.17) is 4.74 Å². The van der Waals surface area contributed by atoms with E-state index in [2.05, 4.69) is 30.4 Å². The number of amides is 2. The Morgan fingerprint density at radius 3 is 2.76 bits per heavy atom. The number of thioether (sulfide) groups is 1. The average Bonchev–Trinajstić information content (AvgIpc) is 3.69. The van der Waals surface area contributed by atoms with Gasteiger partial charge < -0.3 is 19.6 Å². The summed E-state index contributed by atoms with van der Waals surface area (Å²) in [6.07, 6.45) is 4.58. The van der Waals surface area contributed by atoms with Gasteiger partial charge in [0.2, 0.25) is 11.8 Å². The van der Waals surface area contributed by atoms with Gasteiger partial charge in [-0.1, -0.05) is 63.3 Å². The van der Waals surface area contributed by atoms with E-state index in [0.717, 1.165) is 5.52 Å². The van der Waals surface area contributed by atoms with Crippen LogP contribution >= 0.6 is 11.8 Å². The van der Waals surface area contributed by atoms with Crippen LogP contribution < -0.4 is 0 Å². The summed E-state index contributed by atoms with van der Waals surface area (Å²) in [5.41, 5.74) is 1.50. The lowest BCUT2D eigenvalue weighted by molar-refractivity contribution is -0.154. The highest BCUT2D eigenvalue weighted by molar-refractivity contribution is 8.02. The Morgan fingerprint density at radius 2 is 2.07 bits per heavy atom. The monoisotopic (exact) mass is 581 g/mol. The Hall–Kier alpha value is -3.18. The minimum atomic E-state index is -0.872. The Morgan fingerprint density at radius 1 is 1.32 bits per heavy atom. The number of para-hydroxylation sites is 1. The third-order valence-electron chi connectivity index (χ3n) is 9.26. The lowest BCUT2D eigenvalue weighted by atomic mass is 9.66. The molecule has 3 unspecified atom stereocenters. The highest BCUT2D eigenvalue weighted by Gasteiger charge is 2.77. The number of aliphatic hydroxyl groups excluding tert-OH is 1. The molecule has 5 rings (SSSR count). The molecule has 220 valence electrons. The van der Waals surface area contributed by atoms with Gasteiger partial charge in [-0.05, 0) is 30.4 Å². The second-order valence-electron chi connectivity index (χ2n) is 11.4. The summed E-state index contributed by atoms with van der Waals surface area (Å²) < 4.78 is 6.32. The molecule has 11 heteroatoms. The van der Waals surface area contributed by atoms with Gasteiger partial charge in [0, 0.05) is 11.8 Å². The molecule has 2 aromatic rings. The van der Waals surface area contributed by atoms with Crippen molar-refractivity contribution in [3.05, 3.63) is 49.6 Å². The van der Waals surface area contributed by atoms with Crippen molar-refractivity contribution in [2.24, 2.45) is 23.7 Å². The Labute approximate surface area is 244 Å². The molecular formula is C30H39N5O5S. The molecule has 1 aromatic heterocycles. The van der Waals surface area contributed by atoms with Crippen LogP contribution in [0.25, 0.3) is 11.0 Å². The highest BCUT2D eigenvalue weighted by Crippen LogP contribution is 2.69. The third-order valence-corrected chi connectivity index (χ3v) is 11.3. The molecule has 3 saturated heterocycles. The molecule has 3 aliphatic rings. The van der Waals surface area contributed by atoms with Crippen molar-refractivity contribution in [1.82, 2.24) is 24.8 Å². The van der Waals surface area contributed by atoms with Gasteiger partial charge in [0.25, 0.3) is 0 Å². The maximum absolute atomic E-state index is 14.8. The van der Waals surface area contributed by atoms with Gasteiger partial charge in [0.05, 0.1) is 34.7 Å². The Balaban J connectivity index is 1.59. The number of carbonyl (C=O) groups is 3. The summed E-state index contributed by atoms with van der Waals surface area (Å²) in [6, 6.07) is 6.08. The zero-order chi connectivity index (χ0) is 29.5. The predicted octanol–water partition coefficient (Wildman–Crippen LogP) is 2.88. The van der Waals surface area contributed by atoms with E-state index >= 15 is 0 Å². The summed E-state index contributed by atoms with van der Waals surface area (Å²) in [6.45, 7) is 13.7. The van der Waals surface area contributed by atoms with Crippen molar-refractivity contribution < 1.29 is 24.2 Å².